The summed E-state index contributed by atoms with van der Waals surface area (Å²) in [5.41, 5.74) is 2.03. The van der Waals surface area contributed by atoms with Gasteiger partial charge >= 0.3 is 0 Å². The SMILES string of the molecule is CN(Cc1ccc(Br)o1)C(=O)C1Cc2nc[nH]c2CN1. The number of nitrogens with one attached hydrogen (secondary N) is 2. The van der Waals surface area contributed by atoms with Gasteiger partial charge in [-0.2, -0.15) is 0 Å². The number of amides is 1. The Morgan fingerprint density at radius 2 is 2.45 bits per heavy atom. The van der Waals surface area contributed by atoms with Gasteiger partial charge in [-0.1, -0.05) is 0 Å². The highest BCUT2D eigenvalue weighted by Crippen LogP contribution is 2.17. The average Bonchev–Trinajstić information content (AvgIpc) is 3.05. The number of nitrogens with zero attached hydrogens (tertiary/aromatic N) is 2. The van der Waals surface area contributed by atoms with Gasteiger partial charge in [0.05, 0.1) is 30.3 Å². The molecule has 2 aromatic heterocycles. The van der Waals surface area contributed by atoms with Crippen LogP contribution in [0.25, 0.3) is 0 Å². The Hall–Kier alpha value is -1.60. The van der Waals surface area contributed by atoms with E-state index in [1.165, 1.54) is 0 Å². The average molecular weight is 339 g/mol. The van der Waals surface area contributed by atoms with Crippen LogP contribution in [0.1, 0.15) is 17.1 Å². The molecule has 1 aliphatic heterocycles. The van der Waals surface area contributed by atoms with Crippen LogP contribution in [-0.2, 0) is 24.3 Å². The van der Waals surface area contributed by atoms with Gasteiger partial charge in [0, 0.05) is 20.0 Å². The van der Waals surface area contributed by atoms with Crippen LogP contribution in [0.15, 0.2) is 27.5 Å². The van der Waals surface area contributed by atoms with Crippen molar-refractivity contribution in [3.05, 3.63) is 40.3 Å². The van der Waals surface area contributed by atoms with Crippen molar-refractivity contribution >= 4 is 21.8 Å². The van der Waals surface area contributed by atoms with Crippen molar-refractivity contribution in [2.75, 3.05) is 7.05 Å². The van der Waals surface area contributed by atoms with Crippen molar-refractivity contribution in [3.63, 3.8) is 0 Å². The van der Waals surface area contributed by atoms with E-state index in [1.807, 2.05) is 12.1 Å². The Kier molecular flexibility index (Phi) is 3.62. The first-order valence-electron chi connectivity index (χ1n) is 6.37. The Labute approximate surface area is 124 Å². The van der Waals surface area contributed by atoms with Gasteiger partial charge in [0.2, 0.25) is 5.91 Å². The molecule has 6 nitrogen and oxygen atoms in total. The summed E-state index contributed by atoms with van der Waals surface area (Å²) in [5, 5.41) is 3.23. The van der Waals surface area contributed by atoms with E-state index in [4.69, 9.17) is 4.42 Å². The Balaban J connectivity index is 1.64. The van der Waals surface area contributed by atoms with E-state index in [2.05, 4.69) is 31.2 Å². The third kappa shape index (κ3) is 2.64. The maximum atomic E-state index is 12.4. The number of rotatable bonds is 3. The summed E-state index contributed by atoms with van der Waals surface area (Å²) >= 11 is 3.26. The highest BCUT2D eigenvalue weighted by Gasteiger charge is 2.28. The monoisotopic (exact) mass is 338 g/mol. The van der Waals surface area contributed by atoms with Gasteiger partial charge in [-0.05, 0) is 28.1 Å². The second-order valence-corrected chi connectivity index (χ2v) is 5.65. The Bertz CT molecular complexity index is 621. The summed E-state index contributed by atoms with van der Waals surface area (Å²) in [4.78, 5) is 21.4. The van der Waals surface area contributed by atoms with E-state index in [0.717, 1.165) is 17.1 Å². The Morgan fingerprint density at radius 1 is 1.60 bits per heavy atom. The number of hydrogen-bond donors (Lipinski definition) is 2. The van der Waals surface area contributed by atoms with Crippen LogP contribution < -0.4 is 5.32 Å². The predicted molar refractivity (Wildman–Crippen MR) is 75.8 cm³/mol. The number of imidazole rings is 1. The molecule has 20 heavy (non-hydrogen) atoms. The molecule has 0 saturated heterocycles. The summed E-state index contributed by atoms with van der Waals surface area (Å²) in [5.74, 6) is 0.801. The van der Waals surface area contributed by atoms with Crippen molar-refractivity contribution < 1.29 is 9.21 Å². The first-order chi connectivity index (χ1) is 9.63. The lowest BCUT2D eigenvalue weighted by Gasteiger charge is -2.26. The fourth-order valence-electron chi connectivity index (χ4n) is 2.36. The second-order valence-electron chi connectivity index (χ2n) is 4.87. The van der Waals surface area contributed by atoms with Crippen molar-refractivity contribution in [1.82, 2.24) is 20.2 Å². The molecule has 0 bridgehead atoms. The normalized spacial score (nSPS) is 17.8. The van der Waals surface area contributed by atoms with Crippen LogP contribution in [0.2, 0.25) is 0 Å². The fraction of sp³-hybridized carbons (Fsp3) is 0.385. The highest BCUT2D eigenvalue weighted by molar-refractivity contribution is 9.10. The largest absolute Gasteiger partial charge is 0.452 e. The summed E-state index contributed by atoms with van der Waals surface area (Å²) in [7, 11) is 1.78. The number of carbonyl (C=O) groups excluding carboxylic acids is 1. The zero-order chi connectivity index (χ0) is 14.1. The summed E-state index contributed by atoms with van der Waals surface area (Å²) < 4.78 is 6.09. The number of furan rings is 1. The summed E-state index contributed by atoms with van der Waals surface area (Å²) in [6.07, 6.45) is 2.28. The maximum absolute atomic E-state index is 12.4. The van der Waals surface area contributed by atoms with Gasteiger partial charge in [0.15, 0.2) is 4.67 Å². The van der Waals surface area contributed by atoms with Crippen LogP contribution in [-0.4, -0.2) is 33.9 Å². The van der Waals surface area contributed by atoms with Gasteiger partial charge in [-0.15, -0.1) is 0 Å². The molecule has 0 aromatic carbocycles. The molecule has 106 valence electrons. The van der Waals surface area contributed by atoms with E-state index in [-0.39, 0.29) is 11.9 Å². The maximum Gasteiger partial charge on any atom is 0.240 e. The van der Waals surface area contributed by atoms with Crippen molar-refractivity contribution in [2.45, 2.75) is 25.6 Å². The lowest BCUT2D eigenvalue weighted by Crippen LogP contribution is -2.48. The fourth-order valence-corrected chi connectivity index (χ4v) is 2.70. The van der Waals surface area contributed by atoms with Crippen molar-refractivity contribution in [1.29, 1.82) is 0 Å². The zero-order valence-electron chi connectivity index (χ0n) is 11.0. The molecule has 1 amide bonds. The molecule has 0 spiro atoms. The van der Waals surface area contributed by atoms with E-state index in [0.29, 0.717) is 24.2 Å². The molecule has 2 N–H and O–H groups in total. The first-order valence-corrected chi connectivity index (χ1v) is 7.16. The number of aromatic nitrogens is 2. The van der Waals surface area contributed by atoms with E-state index in [9.17, 15) is 4.79 Å². The molecule has 0 aliphatic carbocycles. The molecule has 3 heterocycles. The zero-order valence-corrected chi connectivity index (χ0v) is 12.6. The van der Waals surface area contributed by atoms with E-state index < -0.39 is 0 Å². The minimum atomic E-state index is -0.228. The second kappa shape index (κ2) is 5.41. The van der Waals surface area contributed by atoms with E-state index >= 15 is 0 Å². The molecule has 0 fully saturated rings. The number of H-pyrrole nitrogens is 1. The number of hydrogen-bond acceptors (Lipinski definition) is 4. The Morgan fingerprint density at radius 3 is 3.20 bits per heavy atom. The minimum absolute atomic E-state index is 0.0474. The molecule has 1 aliphatic rings. The standard InChI is InChI=1S/C13H15BrN4O2/c1-18(6-8-2-3-12(14)20-8)13(19)10-4-9-11(5-15-10)17-7-16-9/h2-3,7,10,15H,4-6H2,1H3,(H,16,17). The first kappa shape index (κ1) is 13.4. The topological polar surface area (TPSA) is 74.2 Å². The molecule has 0 saturated carbocycles. The minimum Gasteiger partial charge on any atom is -0.452 e. The van der Waals surface area contributed by atoms with Crippen LogP contribution in [0.3, 0.4) is 0 Å². The number of fused-ring (bicyclic) bond motifs is 1. The molecular weight excluding hydrogens is 324 g/mol. The number of carbonyl (C=O) groups is 1. The highest BCUT2D eigenvalue weighted by atomic mass is 79.9. The van der Waals surface area contributed by atoms with Crippen LogP contribution in [0.5, 0.6) is 0 Å². The number of aromatic amines is 1. The molecule has 7 heteroatoms. The lowest BCUT2D eigenvalue weighted by molar-refractivity contribution is -0.133. The van der Waals surface area contributed by atoms with Crippen LogP contribution in [0.4, 0.5) is 0 Å². The quantitative estimate of drug-likeness (QED) is 0.887. The van der Waals surface area contributed by atoms with Gasteiger partial charge in [-0.25, -0.2) is 4.98 Å². The third-order valence-electron chi connectivity index (χ3n) is 3.43. The van der Waals surface area contributed by atoms with Gasteiger partial charge in [0.1, 0.15) is 5.76 Å². The predicted octanol–water partition coefficient (Wildman–Crippen LogP) is 1.44. The summed E-state index contributed by atoms with van der Waals surface area (Å²) in [6, 6.07) is 3.45. The van der Waals surface area contributed by atoms with Gasteiger partial charge in [-0.3, -0.25) is 10.1 Å². The molecule has 1 atom stereocenters. The summed E-state index contributed by atoms with van der Waals surface area (Å²) in [6.45, 7) is 1.10. The smallest absolute Gasteiger partial charge is 0.240 e. The number of halogens is 1. The van der Waals surface area contributed by atoms with Crippen molar-refractivity contribution in [3.8, 4) is 0 Å². The molecule has 3 rings (SSSR count). The number of likely N-dealkylation sites (N-methyl/N-ethyl adjacent to an activating group) is 1. The third-order valence-corrected chi connectivity index (χ3v) is 3.85. The molecule has 2 aromatic rings. The lowest BCUT2D eigenvalue weighted by atomic mass is 10.0. The van der Waals surface area contributed by atoms with Gasteiger partial charge in [0.25, 0.3) is 0 Å². The van der Waals surface area contributed by atoms with Crippen molar-refractivity contribution in [2.24, 2.45) is 0 Å². The van der Waals surface area contributed by atoms with Crippen LogP contribution in [0, 0.1) is 0 Å². The molecular formula is C13H15BrN4O2. The molecule has 0 radical (unpaired) electrons. The van der Waals surface area contributed by atoms with Gasteiger partial charge < -0.3 is 14.3 Å². The molecule has 1 unspecified atom stereocenters. The van der Waals surface area contributed by atoms with E-state index in [1.54, 1.807) is 18.3 Å². The van der Waals surface area contributed by atoms with Crippen LogP contribution >= 0.6 is 15.9 Å².